The van der Waals surface area contributed by atoms with Crippen molar-refractivity contribution in [2.45, 2.75) is 31.6 Å². The van der Waals surface area contributed by atoms with Crippen molar-refractivity contribution in [1.82, 2.24) is 19.1 Å². The number of pyridine rings is 1. The normalized spacial score (nSPS) is 19.2. The summed E-state index contributed by atoms with van der Waals surface area (Å²) in [6, 6.07) is 16.5. The fraction of sp³-hybridized carbons (Fsp3) is 0.233. The largest absolute Gasteiger partial charge is 0.291 e. The molecule has 7 nitrogen and oxygen atoms in total. The standard InChI is InChI=1S/C30H27FN4O3S/c1-20-4-3-5-26(14-20)39(37,38)34-13-11-23-16-28-22(18-33-35(28)25-8-6-24(31)7-9-25)17-30(23,19-34)29(36)27-15-21(2)10-12-32-27/h3-10,12,14-16,18H,11,13,17,19H2,1-2H3. The number of carbonyl (C=O) groups excluding carboxylic acids is 1. The lowest BCUT2D eigenvalue weighted by atomic mass is 9.65. The number of halogens is 1. The molecule has 6 rings (SSSR count). The van der Waals surface area contributed by atoms with Crippen molar-refractivity contribution in [3.8, 4) is 5.69 Å². The second-order valence-electron chi connectivity index (χ2n) is 10.3. The van der Waals surface area contributed by atoms with Gasteiger partial charge in [-0.2, -0.15) is 9.40 Å². The number of rotatable bonds is 5. The van der Waals surface area contributed by atoms with Crippen LogP contribution in [0.1, 0.15) is 39.3 Å². The molecule has 2 aromatic carbocycles. The summed E-state index contributed by atoms with van der Waals surface area (Å²) < 4.78 is 44.3. The zero-order valence-corrected chi connectivity index (χ0v) is 22.5. The van der Waals surface area contributed by atoms with Crippen LogP contribution in [0.2, 0.25) is 0 Å². The van der Waals surface area contributed by atoms with Gasteiger partial charge in [-0.15, -0.1) is 0 Å². The SMILES string of the molecule is Cc1cccc(S(=O)(=O)N2CCC3=Cc4c(cnn4-c4ccc(F)cc4)CC3(C(=O)c3cc(C)ccn3)C2)c1. The smallest absolute Gasteiger partial charge is 0.243 e. The van der Waals surface area contributed by atoms with E-state index < -0.39 is 15.4 Å². The van der Waals surface area contributed by atoms with Crippen molar-refractivity contribution in [2.24, 2.45) is 5.41 Å². The van der Waals surface area contributed by atoms with E-state index >= 15 is 0 Å². The Balaban J connectivity index is 1.46. The van der Waals surface area contributed by atoms with Crippen molar-refractivity contribution < 1.29 is 17.6 Å². The Morgan fingerprint density at radius 3 is 2.54 bits per heavy atom. The molecule has 3 heterocycles. The second kappa shape index (κ2) is 9.36. The zero-order valence-electron chi connectivity index (χ0n) is 21.6. The number of carbonyl (C=O) groups is 1. The lowest BCUT2D eigenvalue weighted by Crippen LogP contribution is -2.53. The number of fused-ring (bicyclic) bond motifs is 2. The van der Waals surface area contributed by atoms with Crippen molar-refractivity contribution in [2.75, 3.05) is 13.1 Å². The van der Waals surface area contributed by atoms with E-state index in [2.05, 4.69) is 10.1 Å². The quantitative estimate of drug-likeness (QED) is 0.334. The molecule has 9 heteroatoms. The summed E-state index contributed by atoms with van der Waals surface area (Å²) in [6.45, 7) is 4.00. The summed E-state index contributed by atoms with van der Waals surface area (Å²) in [4.78, 5) is 18.9. The number of aryl methyl sites for hydroxylation is 2. The van der Waals surface area contributed by atoms with E-state index in [0.717, 1.165) is 28.0 Å². The summed E-state index contributed by atoms with van der Waals surface area (Å²) in [5, 5.41) is 4.55. The molecule has 39 heavy (non-hydrogen) atoms. The predicted molar refractivity (Wildman–Crippen MR) is 145 cm³/mol. The van der Waals surface area contributed by atoms with E-state index in [0.29, 0.717) is 17.8 Å². The summed E-state index contributed by atoms with van der Waals surface area (Å²) in [5.41, 5.74) is 4.11. The van der Waals surface area contributed by atoms with E-state index in [1.165, 1.54) is 16.4 Å². The first-order valence-corrected chi connectivity index (χ1v) is 14.2. The second-order valence-corrected chi connectivity index (χ2v) is 12.3. The van der Waals surface area contributed by atoms with Crippen LogP contribution in [0.25, 0.3) is 11.8 Å². The van der Waals surface area contributed by atoms with Crippen molar-refractivity contribution in [1.29, 1.82) is 0 Å². The number of hydrogen-bond donors (Lipinski definition) is 0. The van der Waals surface area contributed by atoms with Gasteiger partial charge < -0.3 is 0 Å². The van der Waals surface area contributed by atoms with Gasteiger partial charge in [0.05, 0.1) is 27.9 Å². The maximum atomic E-state index is 14.3. The molecule has 0 saturated carbocycles. The molecule has 2 aromatic heterocycles. The Morgan fingerprint density at radius 2 is 1.79 bits per heavy atom. The molecule has 4 aromatic rings. The minimum Gasteiger partial charge on any atom is -0.291 e. The number of sulfonamides is 1. The molecule has 1 aliphatic carbocycles. The minimum absolute atomic E-state index is 0.00469. The van der Waals surface area contributed by atoms with E-state index in [-0.39, 0.29) is 36.0 Å². The zero-order chi connectivity index (χ0) is 27.4. The summed E-state index contributed by atoms with van der Waals surface area (Å²) in [7, 11) is -3.84. The van der Waals surface area contributed by atoms with Gasteiger partial charge in [-0.3, -0.25) is 9.78 Å². The van der Waals surface area contributed by atoms with E-state index in [9.17, 15) is 17.6 Å². The Labute approximate surface area is 226 Å². The van der Waals surface area contributed by atoms with Crippen LogP contribution in [0.4, 0.5) is 4.39 Å². The Bertz CT molecular complexity index is 1740. The van der Waals surface area contributed by atoms with Crippen molar-refractivity contribution in [3.63, 3.8) is 0 Å². The number of Topliss-reactive ketones (excluding diaryl/α,β-unsaturated/α-hetero) is 1. The van der Waals surface area contributed by atoms with E-state index in [4.69, 9.17) is 0 Å². The minimum atomic E-state index is -3.84. The van der Waals surface area contributed by atoms with Crippen molar-refractivity contribution >= 4 is 21.9 Å². The highest BCUT2D eigenvalue weighted by molar-refractivity contribution is 7.89. The highest BCUT2D eigenvalue weighted by Gasteiger charge is 2.51. The molecule has 2 aliphatic rings. The molecule has 1 aliphatic heterocycles. The summed E-state index contributed by atoms with van der Waals surface area (Å²) in [5.74, 6) is -0.544. The van der Waals surface area contributed by atoms with Crippen LogP contribution in [0.3, 0.4) is 0 Å². The number of hydrogen-bond acceptors (Lipinski definition) is 5. The average molecular weight is 543 g/mol. The molecular formula is C30H27FN4O3S. The van der Waals surface area contributed by atoms with E-state index in [1.54, 1.807) is 53.5 Å². The first kappa shape index (κ1) is 25.3. The molecule has 0 bridgehead atoms. The van der Waals surface area contributed by atoms with Gasteiger partial charge in [0.1, 0.15) is 11.5 Å². The van der Waals surface area contributed by atoms with Crippen LogP contribution >= 0.6 is 0 Å². The lowest BCUT2D eigenvalue weighted by Gasteiger charge is -2.44. The number of benzene rings is 2. The summed E-state index contributed by atoms with van der Waals surface area (Å²) in [6.07, 6.45) is 5.94. The molecule has 0 amide bonds. The molecule has 1 saturated heterocycles. The Hall–Kier alpha value is -3.95. The Kier molecular flexibility index (Phi) is 6.08. The molecule has 1 unspecified atom stereocenters. The van der Waals surface area contributed by atoms with Crippen molar-refractivity contribution in [3.05, 3.63) is 113 Å². The molecule has 1 atom stereocenters. The highest BCUT2D eigenvalue weighted by Crippen LogP contribution is 2.47. The fourth-order valence-electron chi connectivity index (χ4n) is 5.64. The van der Waals surface area contributed by atoms with Gasteiger partial charge >= 0.3 is 0 Å². The third-order valence-corrected chi connectivity index (χ3v) is 9.50. The number of piperidine rings is 1. The van der Waals surface area contributed by atoms with E-state index in [1.807, 2.05) is 32.1 Å². The molecule has 0 radical (unpaired) electrons. The number of nitrogens with zero attached hydrogens (tertiary/aromatic N) is 4. The topological polar surface area (TPSA) is 85.2 Å². The van der Waals surface area contributed by atoms with Gasteiger partial charge in [0.2, 0.25) is 10.0 Å². The van der Waals surface area contributed by atoms with Gasteiger partial charge in [-0.25, -0.2) is 17.5 Å². The third-order valence-electron chi connectivity index (χ3n) is 7.66. The van der Waals surface area contributed by atoms with Crippen LogP contribution in [-0.4, -0.2) is 46.4 Å². The molecule has 0 N–H and O–H groups in total. The highest BCUT2D eigenvalue weighted by atomic mass is 32.2. The van der Waals surface area contributed by atoms with Crippen LogP contribution in [0.15, 0.2) is 83.5 Å². The van der Waals surface area contributed by atoms with Crippen LogP contribution in [0.5, 0.6) is 0 Å². The first-order chi connectivity index (χ1) is 18.7. The number of aromatic nitrogens is 3. The third kappa shape index (κ3) is 4.31. The average Bonchev–Trinajstić information content (AvgIpc) is 3.33. The maximum Gasteiger partial charge on any atom is 0.243 e. The summed E-state index contributed by atoms with van der Waals surface area (Å²) >= 11 is 0. The predicted octanol–water partition coefficient (Wildman–Crippen LogP) is 4.93. The number of ketones is 1. The Morgan fingerprint density at radius 1 is 1.03 bits per heavy atom. The first-order valence-electron chi connectivity index (χ1n) is 12.8. The van der Waals surface area contributed by atoms with Gasteiger partial charge in [0.25, 0.3) is 0 Å². The lowest BCUT2D eigenvalue weighted by molar-refractivity contribution is 0.0770. The van der Waals surface area contributed by atoms with Gasteiger partial charge in [0.15, 0.2) is 5.78 Å². The fourth-order valence-corrected chi connectivity index (χ4v) is 7.24. The monoisotopic (exact) mass is 542 g/mol. The van der Waals surface area contributed by atoms with Crippen LogP contribution in [-0.2, 0) is 16.4 Å². The van der Waals surface area contributed by atoms with Gasteiger partial charge in [-0.1, -0.05) is 17.7 Å². The molecule has 0 spiro atoms. The van der Waals surface area contributed by atoms with Crippen LogP contribution in [0, 0.1) is 25.1 Å². The van der Waals surface area contributed by atoms with Crippen LogP contribution < -0.4 is 0 Å². The van der Waals surface area contributed by atoms with Gasteiger partial charge in [-0.05, 0) is 98.0 Å². The molecule has 198 valence electrons. The molecular weight excluding hydrogens is 515 g/mol. The van der Waals surface area contributed by atoms with Gasteiger partial charge in [0, 0.05) is 19.3 Å². The maximum absolute atomic E-state index is 14.3. The molecule has 1 fully saturated rings.